The first-order valence-corrected chi connectivity index (χ1v) is 6.36. The standard InChI is InChI=1S/C14H18F3N3/c1-20(11-14(15,16)17)8-2-7-19-10-13-5-3-12(9-18)4-6-13/h3-6,19H,2,7-8,10-11H2,1H3. The van der Waals surface area contributed by atoms with Crippen LogP contribution in [0.1, 0.15) is 17.5 Å². The van der Waals surface area contributed by atoms with Crippen molar-refractivity contribution in [3.05, 3.63) is 35.4 Å². The molecule has 6 heteroatoms. The maximum absolute atomic E-state index is 12.1. The van der Waals surface area contributed by atoms with E-state index in [1.54, 1.807) is 12.1 Å². The zero-order valence-electron chi connectivity index (χ0n) is 11.4. The van der Waals surface area contributed by atoms with Crippen LogP contribution in [0, 0.1) is 11.3 Å². The number of nitrogens with one attached hydrogen (secondary N) is 1. The van der Waals surface area contributed by atoms with Gasteiger partial charge in [0.25, 0.3) is 0 Å². The molecular formula is C14H18F3N3. The lowest BCUT2D eigenvalue weighted by Gasteiger charge is -2.18. The second kappa shape index (κ2) is 7.88. The van der Waals surface area contributed by atoms with Crippen molar-refractivity contribution in [3.63, 3.8) is 0 Å². The Morgan fingerprint density at radius 2 is 1.90 bits per heavy atom. The van der Waals surface area contributed by atoms with Crippen LogP contribution in [0.5, 0.6) is 0 Å². The van der Waals surface area contributed by atoms with E-state index in [-0.39, 0.29) is 0 Å². The van der Waals surface area contributed by atoms with Crippen molar-refractivity contribution in [3.8, 4) is 6.07 Å². The minimum Gasteiger partial charge on any atom is -0.313 e. The molecule has 20 heavy (non-hydrogen) atoms. The molecule has 0 atom stereocenters. The highest BCUT2D eigenvalue weighted by molar-refractivity contribution is 5.31. The summed E-state index contributed by atoms with van der Waals surface area (Å²) in [6, 6.07) is 9.26. The van der Waals surface area contributed by atoms with Crippen LogP contribution in [0.3, 0.4) is 0 Å². The highest BCUT2D eigenvalue weighted by Gasteiger charge is 2.28. The first-order valence-electron chi connectivity index (χ1n) is 6.36. The summed E-state index contributed by atoms with van der Waals surface area (Å²) in [5.74, 6) is 0. The van der Waals surface area contributed by atoms with Crippen LogP contribution in [0.15, 0.2) is 24.3 Å². The van der Waals surface area contributed by atoms with Gasteiger partial charge in [0.15, 0.2) is 0 Å². The molecule has 0 aliphatic carbocycles. The Morgan fingerprint density at radius 3 is 2.45 bits per heavy atom. The molecule has 0 spiro atoms. The van der Waals surface area contributed by atoms with E-state index >= 15 is 0 Å². The normalized spacial score (nSPS) is 11.6. The Kier molecular flexibility index (Phi) is 6.49. The topological polar surface area (TPSA) is 39.1 Å². The molecule has 0 bridgehead atoms. The van der Waals surface area contributed by atoms with E-state index in [1.807, 2.05) is 18.2 Å². The molecule has 1 N–H and O–H groups in total. The first kappa shape index (κ1) is 16.5. The summed E-state index contributed by atoms with van der Waals surface area (Å²) in [6.45, 7) is 0.833. The van der Waals surface area contributed by atoms with Crippen molar-refractivity contribution >= 4 is 0 Å². The Balaban J connectivity index is 2.14. The lowest BCUT2D eigenvalue weighted by Crippen LogP contribution is -2.32. The summed E-state index contributed by atoms with van der Waals surface area (Å²) < 4.78 is 36.3. The maximum Gasteiger partial charge on any atom is 0.401 e. The first-order chi connectivity index (χ1) is 9.40. The van der Waals surface area contributed by atoms with Gasteiger partial charge < -0.3 is 5.32 Å². The largest absolute Gasteiger partial charge is 0.401 e. The summed E-state index contributed by atoms with van der Waals surface area (Å²) >= 11 is 0. The average Bonchev–Trinajstić information content (AvgIpc) is 2.37. The second-order valence-electron chi connectivity index (χ2n) is 4.69. The van der Waals surface area contributed by atoms with Gasteiger partial charge in [-0.1, -0.05) is 12.1 Å². The van der Waals surface area contributed by atoms with Gasteiger partial charge in [-0.3, -0.25) is 4.90 Å². The summed E-state index contributed by atoms with van der Waals surface area (Å²) in [6.07, 6.45) is -3.48. The van der Waals surface area contributed by atoms with Crippen LogP contribution in [0.4, 0.5) is 13.2 Å². The van der Waals surface area contributed by atoms with Gasteiger partial charge in [-0.25, -0.2) is 0 Å². The highest BCUT2D eigenvalue weighted by atomic mass is 19.4. The molecule has 0 amide bonds. The molecule has 1 aromatic carbocycles. The summed E-state index contributed by atoms with van der Waals surface area (Å²) in [5.41, 5.74) is 1.66. The molecular weight excluding hydrogens is 267 g/mol. The number of benzene rings is 1. The molecule has 1 rings (SSSR count). The minimum atomic E-state index is -4.13. The van der Waals surface area contributed by atoms with E-state index < -0.39 is 12.7 Å². The predicted octanol–water partition coefficient (Wildman–Crippen LogP) is 2.53. The van der Waals surface area contributed by atoms with Crippen LogP contribution in [0.2, 0.25) is 0 Å². The van der Waals surface area contributed by atoms with E-state index in [1.165, 1.54) is 11.9 Å². The minimum absolute atomic E-state index is 0.403. The molecule has 110 valence electrons. The molecule has 3 nitrogen and oxygen atoms in total. The number of hydrogen-bond donors (Lipinski definition) is 1. The smallest absolute Gasteiger partial charge is 0.313 e. The van der Waals surface area contributed by atoms with Gasteiger partial charge >= 0.3 is 6.18 Å². The van der Waals surface area contributed by atoms with Gasteiger partial charge in [0, 0.05) is 6.54 Å². The van der Waals surface area contributed by atoms with Gasteiger partial charge in [0.05, 0.1) is 18.2 Å². The summed E-state index contributed by atoms with van der Waals surface area (Å²) in [5, 5.41) is 11.8. The number of nitriles is 1. The molecule has 0 unspecified atom stereocenters. The Bertz CT molecular complexity index is 434. The quantitative estimate of drug-likeness (QED) is 0.782. The van der Waals surface area contributed by atoms with Crippen LogP contribution >= 0.6 is 0 Å². The van der Waals surface area contributed by atoms with Crippen LogP contribution < -0.4 is 5.32 Å². The van der Waals surface area contributed by atoms with Gasteiger partial charge in [-0.05, 0) is 44.3 Å². The lowest BCUT2D eigenvalue weighted by molar-refractivity contribution is -0.143. The molecule has 0 aliphatic heterocycles. The molecule has 0 fully saturated rings. The molecule has 0 heterocycles. The number of halogens is 3. The molecule has 0 aromatic heterocycles. The monoisotopic (exact) mass is 285 g/mol. The molecule has 1 aromatic rings. The van der Waals surface area contributed by atoms with Crippen molar-refractivity contribution in [1.29, 1.82) is 5.26 Å². The zero-order chi connectivity index (χ0) is 15.0. The van der Waals surface area contributed by atoms with Crippen LogP contribution in [-0.2, 0) is 6.54 Å². The van der Waals surface area contributed by atoms with Crippen LogP contribution in [0.25, 0.3) is 0 Å². The maximum atomic E-state index is 12.1. The molecule has 0 saturated carbocycles. The third-order valence-electron chi connectivity index (χ3n) is 2.75. The van der Waals surface area contributed by atoms with Crippen molar-refractivity contribution in [1.82, 2.24) is 10.2 Å². The van der Waals surface area contributed by atoms with E-state index in [9.17, 15) is 13.2 Å². The lowest BCUT2D eigenvalue weighted by atomic mass is 10.1. The van der Waals surface area contributed by atoms with Gasteiger partial charge in [0.1, 0.15) is 0 Å². The summed E-state index contributed by atoms with van der Waals surface area (Å²) in [7, 11) is 1.47. The average molecular weight is 285 g/mol. The Hall–Kier alpha value is -1.58. The fourth-order valence-electron chi connectivity index (χ4n) is 1.79. The number of nitrogens with zero attached hydrogens (tertiary/aromatic N) is 2. The van der Waals surface area contributed by atoms with Crippen molar-refractivity contribution in [2.75, 3.05) is 26.7 Å². The van der Waals surface area contributed by atoms with Crippen LogP contribution in [-0.4, -0.2) is 37.8 Å². The van der Waals surface area contributed by atoms with E-state index in [0.717, 1.165) is 5.56 Å². The third kappa shape index (κ3) is 7.12. The predicted molar refractivity (Wildman–Crippen MR) is 71.0 cm³/mol. The van der Waals surface area contributed by atoms with Crippen molar-refractivity contribution < 1.29 is 13.2 Å². The SMILES string of the molecule is CN(CCCNCc1ccc(C#N)cc1)CC(F)(F)F. The van der Waals surface area contributed by atoms with Crippen molar-refractivity contribution in [2.24, 2.45) is 0 Å². The summed E-state index contributed by atoms with van der Waals surface area (Å²) in [4.78, 5) is 1.27. The van der Waals surface area contributed by atoms with Gasteiger partial charge in [-0.2, -0.15) is 18.4 Å². The van der Waals surface area contributed by atoms with E-state index in [2.05, 4.69) is 5.32 Å². The molecule has 0 radical (unpaired) electrons. The number of rotatable bonds is 7. The third-order valence-corrected chi connectivity index (χ3v) is 2.75. The Morgan fingerprint density at radius 1 is 1.25 bits per heavy atom. The zero-order valence-corrected chi connectivity index (χ0v) is 11.4. The number of hydrogen-bond acceptors (Lipinski definition) is 3. The van der Waals surface area contributed by atoms with E-state index in [4.69, 9.17) is 5.26 Å². The van der Waals surface area contributed by atoms with Crippen molar-refractivity contribution in [2.45, 2.75) is 19.1 Å². The highest BCUT2D eigenvalue weighted by Crippen LogP contribution is 2.15. The molecule has 0 saturated heterocycles. The molecule has 0 aliphatic rings. The fourth-order valence-corrected chi connectivity index (χ4v) is 1.79. The van der Waals surface area contributed by atoms with Gasteiger partial charge in [-0.15, -0.1) is 0 Å². The Labute approximate surface area is 117 Å². The van der Waals surface area contributed by atoms with Gasteiger partial charge in [0.2, 0.25) is 0 Å². The second-order valence-corrected chi connectivity index (χ2v) is 4.69. The van der Waals surface area contributed by atoms with E-state index in [0.29, 0.717) is 31.6 Å². The fraction of sp³-hybridized carbons (Fsp3) is 0.500. The number of alkyl halides is 3.